The zero-order valence-electron chi connectivity index (χ0n) is 24.1. The number of rotatable bonds is 8. The zero-order chi connectivity index (χ0) is 29.3. The molecule has 0 aliphatic carbocycles. The first-order valence-electron chi connectivity index (χ1n) is 13.5. The number of amides is 1. The molecule has 222 valence electrons. The molecule has 0 fully saturated rings. The van der Waals surface area contributed by atoms with E-state index < -0.39 is 36.3 Å². The second kappa shape index (κ2) is 18.6. The quantitative estimate of drug-likeness (QED) is 0.365. The van der Waals surface area contributed by atoms with Crippen LogP contribution in [-0.4, -0.2) is 81.6 Å². The molecule has 1 aromatic carbocycles. The molecular formula is C30H43NO8S. The maximum Gasteiger partial charge on any atom is 0.339 e. The van der Waals surface area contributed by atoms with Crippen LogP contribution in [0, 0.1) is 11.8 Å². The van der Waals surface area contributed by atoms with Crippen LogP contribution in [0.4, 0.5) is 0 Å². The summed E-state index contributed by atoms with van der Waals surface area (Å²) in [6.07, 6.45) is 7.58. The van der Waals surface area contributed by atoms with Crippen LogP contribution in [0.15, 0.2) is 54.6 Å². The summed E-state index contributed by atoms with van der Waals surface area (Å²) in [5, 5.41) is 2.79. The number of thioether (sulfide) groups is 1. The normalized spacial score (nSPS) is 29.2. The van der Waals surface area contributed by atoms with Gasteiger partial charge in [0.2, 0.25) is 5.91 Å². The minimum Gasteiger partial charge on any atom is -0.461 e. The molecule has 0 unspecified atom stereocenters. The number of esters is 2. The van der Waals surface area contributed by atoms with Crippen LogP contribution in [0.2, 0.25) is 0 Å². The summed E-state index contributed by atoms with van der Waals surface area (Å²) in [6, 6.07) is 8.78. The first-order valence-corrected chi connectivity index (χ1v) is 14.9. The lowest BCUT2D eigenvalue weighted by Gasteiger charge is -2.23. The van der Waals surface area contributed by atoms with Gasteiger partial charge >= 0.3 is 11.9 Å². The summed E-state index contributed by atoms with van der Waals surface area (Å²) < 4.78 is 28.2. The molecule has 0 saturated heterocycles. The average Bonchev–Trinajstić information content (AvgIpc) is 2.95. The molecule has 10 heteroatoms. The summed E-state index contributed by atoms with van der Waals surface area (Å²) in [7, 11) is 3.07. The second-order valence-electron chi connectivity index (χ2n) is 9.66. The lowest BCUT2D eigenvalue weighted by atomic mass is 10.0. The van der Waals surface area contributed by atoms with Gasteiger partial charge in [-0.2, -0.15) is 11.8 Å². The van der Waals surface area contributed by atoms with E-state index >= 15 is 0 Å². The zero-order valence-corrected chi connectivity index (χ0v) is 24.9. The molecule has 0 radical (unpaired) electrons. The van der Waals surface area contributed by atoms with E-state index in [1.165, 1.54) is 7.11 Å². The molecular weight excluding hydrogens is 534 g/mol. The predicted molar refractivity (Wildman–Crippen MR) is 155 cm³/mol. The minimum atomic E-state index is -0.967. The monoisotopic (exact) mass is 577 g/mol. The van der Waals surface area contributed by atoms with E-state index in [1.54, 1.807) is 37.1 Å². The Morgan fingerprint density at radius 1 is 0.900 bits per heavy atom. The van der Waals surface area contributed by atoms with E-state index in [0.717, 1.165) is 5.56 Å². The summed E-state index contributed by atoms with van der Waals surface area (Å²) in [5.74, 6) is -1.04. The van der Waals surface area contributed by atoms with Crippen molar-refractivity contribution in [2.45, 2.75) is 57.6 Å². The molecule has 1 aromatic rings. The molecule has 0 saturated carbocycles. The summed E-state index contributed by atoms with van der Waals surface area (Å²) in [5.41, 5.74) is 0.918. The lowest BCUT2D eigenvalue weighted by molar-refractivity contribution is -0.159. The number of carbonyl (C=O) groups excluding carboxylic acids is 3. The van der Waals surface area contributed by atoms with Crippen molar-refractivity contribution in [3.8, 4) is 0 Å². The summed E-state index contributed by atoms with van der Waals surface area (Å²) >= 11 is 1.58. The molecule has 2 rings (SSSR count). The maximum atomic E-state index is 13.1. The van der Waals surface area contributed by atoms with Crippen LogP contribution < -0.4 is 5.32 Å². The van der Waals surface area contributed by atoms with Gasteiger partial charge in [-0.1, -0.05) is 62.4 Å². The largest absolute Gasteiger partial charge is 0.461 e. The molecule has 0 aromatic heterocycles. The first-order chi connectivity index (χ1) is 19.3. The van der Waals surface area contributed by atoms with Crippen molar-refractivity contribution in [1.82, 2.24) is 5.32 Å². The third kappa shape index (κ3) is 11.8. The molecule has 40 heavy (non-hydrogen) atoms. The summed E-state index contributed by atoms with van der Waals surface area (Å²) in [4.78, 5) is 38.6. The molecule has 9 nitrogen and oxygen atoms in total. The molecule has 1 aliphatic heterocycles. The van der Waals surface area contributed by atoms with Crippen LogP contribution >= 0.6 is 11.8 Å². The number of methoxy groups -OCH3 is 2. The smallest absolute Gasteiger partial charge is 0.339 e. The highest BCUT2D eigenvalue weighted by atomic mass is 32.2. The number of benzene rings is 1. The Kier molecular flexibility index (Phi) is 15.6. The van der Waals surface area contributed by atoms with Crippen molar-refractivity contribution in [3.63, 3.8) is 0 Å². The minimum absolute atomic E-state index is 0.0145. The number of carbonyl (C=O) groups is 3. The molecule has 6 atom stereocenters. The number of ether oxygens (including phenoxy) is 5. The Hall–Kier alpha value is -2.66. The Morgan fingerprint density at radius 3 is 2.15 bits per heavy atom. The van der Waals surface area contributed by atoms with Crippen molar-refractivity contribution in [3.05, 3.63) is 60.2 Å². The van der Waals surface area contributed by atoms with Crippen LogP contribution in [-0.2, 0) is 44.7 Å². The Balaban J connectivity index is 2.28. The van der Waals surface area contributed by atoms with Crippen LogP contribution in [0.5, 0.6) is 0 Å². The molecule has 0 bridgehead atoms. The SMILES string of the molecule is CO[C@@H]1COC(=O)[C@H](CCSC)NC(=O)C/C=C/[C@@H](C)[C@H](OC)COC(=O)[C@H](OCc2ccccc2)/C=C/[C@H]1C. The van der Waals surface area contributed by atoms with Crippen LogP contribution in [0.25, 0.3) is 0 Å². The van der Waals surface area contributed by atoms with Gasteiger partial charge in [0.05, 0.1) is 18.8 Å². The van der Waals surface area contributed by atoms with E-state index in [4.69, 9.17) is 23.7 Å². The van der Waals surface area contributed by atoms with E-state index in [2.05, 4.69) is 5.32 Å². The van der Waals surface area contributed by atoms with Crippen molar-refractivity contribution in [2.24, 2.45) is 11.8 Å². The van der Waals surface area contributed by atoms with Gasteiger partial charge in [0, 0.05) is 32.5 Å². The standard InChI is InChI=1S/C30H43NO8S/c1-21-10-9-13-28(32)31-24(16-17-40-5)29(33)38-19-27(36-4)22(2)14-15-25(30(34)39-20-26(21)35-3)37-18-23-11-7-6-8-12-23/h6-12,14-15,21-22,24-27H,13,16-20H2,1-5H3,(H,31,32)/b10-9+,15-14+/t21-,22-,24+,25-,26-,27-/m1/s1. The Morgan fingerprint density at radius 2 is 1.52 bits per heavy atom. The fourth-order valence-electron chi connectivity index (χ4n) is 3.99. The highest BCUT2D eigenvalue weighted by Crippen LogP contribution is 2.15. The van der Waals surface area contributed by atoms with E-state index in [0.29, 0.717) is 12.2 Å². The topological polar surface area (TPSA) is 109 Å². The van der Waals surface area contributed by atoms with Gasteiger partial charge in [-0.15, -0.1) is 0 Å². The van der Waals surface area contributed by atoms with Gasteiger partial charge in [0.25, 0.3) is 0 Å². The predicted octanol–water partition coefficient (Wildman–Crippen LogP) is 3.71. The highest BCUT2D eigenvalue weighted by Gasteiger charge is 2.26. The van der Waals surface area contributed by atoms with Gasteiger partial charge in [-0.05, 0) is 30.1 Å². The van der Waals surface area contributed by atoms with E-state index in [-0.39, 0.29) is 44.0 Å². The fourth-order valence-corrected chi connectivity index (χ4v) is 4.47. The van der Waals surface area contributed by atoms with Gasteiger partial charge in [0.15, 0.2) is 6.10 Å². The fraction of sp³-hybridized carbons (Fsp3) is 0.567. The van der Waals surface area contributed by atoms with E-state index in [9.17, 15) is 14.4 Å². The molecule has 1 heterocycles. The molecule has 1 aliphatic rings. The first kappa shape index (κ1) is 33.5. The Labute approximate surface area is 242 Å². The third-order valence-electron chi connectivity index (χ3n) is 6.63. The maximum absolute atomic E-state index is 13.1. The van der Waals surface area contributed by atoms with Gasteiger partial charge in [-0.3, -0.25) is 4.79 Å². The van der Waals surface area contributed by atoms with Crippen molar-refractivity contribution >= 4 is 29.6 Å². The highest BCUT2D eigenvalue weighted by molar-refractivity contribution is 7.98. The summed E-state index contributed by atoms with van der Waals surface area (Å²) in [6.45, 7) is 4.02. The lowest BCUT2D eigenvalue weighted by Crippen LogP contribution is -2.43. The van der Waals surface area contributed by atoms with Crippen molar-refractivity contribution in [1.29, 1.82) is 0 Å². The number of hydrogen-bond acceptors (Lipinski definition) is 9. The van der Waals surface area contributed by atoms with Gasteiger partial charge in [-0.25, -0.2) is 9.59 Å². The number of nitrogens with one attached hydrogen (secondary N) is 1. The molecule has 1 amide bonds. The molecule has 0 spiro atoms. The Bertz CT molecular complexity index is 970. The average molecular weight is 578 g/mol. The van der Waals surface area contributed by atoms with E-state index in [1.807, 2.05) is 56.5 Å². The number of hydrogen-bond donors (Lipinski definition) is 1. The van der Waals surface area contributed by atoms with Crippen molar-refractivity contribution in [2.75, 3.05) is 39.4 Å². The van der Waals surface area contributed by atoms with Crippen molar-refractivity contribution < 1.29 is 38.1 Å². The van der Waals surface area contributed by atoms with Crippen LogP contribution in [0.1, 0.15) is 32.3 Å². The number of cyclic esters (lactones) is 2. The second-order valence-corrected chi connectivity index (χ2v) is 10.6. The molecule has 1 N–H and O–H groups in total. The van der Waals surface area contributed by atoms with Crippen LogP contribution in [0.3, 0.4) is 0 Å². The van der Waals surface area contributed by atoms with Gasteiger partial charge in [0.1, 0.15) is 19.3 Å². The van der Waals surface area contributed by atoms with Gasteiger partial charge < -0.3 is 29.0 Å². The third-order valence-corrected chi connectivity index (χ3v) is 7.27.